The van der Waals surface area contributed by atoms with Gasteiger partial charge in [-0.1, -0.05) is 54.6 Å². The van der Waals surface area contributed by atoms with Gasteiger partial charge in [-0.05, 0) is 23.2 Å². The summed E-state index contributed by atoms with van der Waals surface area (Å²) in [6.45, 7) is 0.430. The molecule has 0 aliphatic heterocycles. The molecule has 1 unspecified atom stereocenters. The first-order valence-electron chi connectivity index (χ1n) is 6.67. The molecule has 0 spiro atoms. The van der Waals surface area contributed by atoms with E-state index < -0.39 is 0 Å². The van der Waals surface area contributed by atoms with E-state index in [1.807, 2.05) is 30.3 Å². The van der Waals surface area contributed by atoms with Crippen LogP contribution in [-0.2, 0) is 9.53 Å². The summed E-state index contributed by atoms with van der Waals surface area (Å²) in [5.41, 5.74) is 9.15. The van der Waals surface area contributed by atoms with Crippen molar-refractivity contribution in [3.63, 3.8) is 0 Å². The second kappa shape index (κ2) is 6.87. The molecule has 104 valence electrons. The maximum absolute atomic E-state index is 11.4. The van der Waals surface area contributed by atoms with Crippen LogP contribution in [0.15, 0.2) is 54.6 Å². The van der Waals surface area contributed by atoms with E-state index in [2.05, 4.69) is 24.3 Å². The second-order valence-electron chi connectivity index (χ2n) is 4.70. The van der Waals surface area contributed by atoms with Gasteiger partial charge in [0.05, 0.1) is 13.5 Å². The fraction of sp³-hybridized carbons (Fsp3) is 0.235. The number of carbonyl (C=O) groups is 1. The molecule has 3 heteroatoms. The van der Waals surface area contributed by atoms with Crippen molar-refractivity contribution in [1.82, 2.24) is 0 Å². The Morgan fingerprint density at radius 1 is 1.05 bits per heavy atom. The number of benzene rings is 2. The first-order valence-corrected chi connectivity index (χ1v) is 6.67. The van der Waals surface area contributed by atoms with E-state index in [1.165, 1.54) is 12.7 Å². The molecule has 0 amide bonds. The molecule has 0 saturated heterocycles. The molecule has 2 aromatic rings. The van der Waals surface area contributed by atoms with E-state index >= 15 is 0 Å². The van der Waals surface area contributed by atoms with Gasteiger partial charge in [0.1, 0.15) is 0 Å². The van der Waals surface area contributed by atoms with Crippen molar-refractivity contribution >= 4 is 5.97 Å². The van der Waals surface area contributed by atoms with Crippen LogP contribution in [0.4, 0.5) is 0 Å². The third kappa shape index (κ3) is 3.45. The zero-order valence-corrected chi connectivity index (χ0v) is 11.6. The molecule has 1 atom stereocenters. The summed E-state index contributed by atoms with van der Waals surface area (Å²) in [7, 11) is 1.40. The first kappa shape index (κ1) is 14.3. The Hall–Kier alpha value is -2.13. The molecule has 2 N–H and O–H groups in total. The van der Waals surface area contributed by atoms with Gasteiger partial charge in [0.25, 0.3) is 0 Å². The first-order chi connectivity index (χ1) is 9.74. The van der Waals surface area contributed by atoms with Crippen molar-refractivity contribution in [3.8, 4) is 11.1 Å². The number of carbonyl (C=O) groups excluding carboxylic acids is 1. The van der Waals surface area contributed by atoms with E-state index in [9.17, 15) is 4.79 Å². The molecular formula is C17H19NO2. The SMILES string of the molecule is COC(=O)CC(CN)c1ccc(-c2ccccc2)cc1. The quantitative estimate of drug-likeness (QED) is 0.849. The van der Waals surface area contributed by atoms with Gasteiger partial charge in [-0.15, -0.1) is 0 Å². The number of nitrogens with two attached hydrogens (primary N) is 1. The van der Waals surface area contributed by atoms with E-state index in [4.69, 9.17) is 10.5 Å². The number of methoxy groups -OCH3 is 1. The molecule has 0 bridgehead atoms. The average molecular weight is 269 g/mol. The average Bonchev–Trinajstić information content (AvgIpc) is 2.53. The minimum absolute atomic E-state index is 0.00673. The van der Waals surface area contributed by atoms with E-state index in [1.54, 1.807) is 0 Å². The smallest absolute Gasteiger partial charge is 0.306 e. The molecule has 0 aromatic heterocycles. The van der Waals surface area contributed by atoms with Crippen LogP contribution in [0.25, 0.3) is 11.1 Å². The number of rotatable bonds is 5. The number of hydrogen-bond acceptors (Lipinski definition) is 3. The summed E-state index contributed by atoms with van der Waals surface area (Å²) in [5.74, 6) is -0.222. The van der Waals surface area contributed by atoms with Gasteiger partial charge in [0.2, 0.25) is 0 Å². The Morgan fingerprint density at radius 2 is 1.65 bits per heavy atom. The molecular weight excluding hydrogens is 250 g/mol. The molecule has 2 rings (SSSR count). The third-order valence-corrected chi connectivity index (χ3v) is 3.41. The maximum atomic E-state index is 11.4. The highest BCUT2D eigenvalue weighted by atomic mass is 16.5. The highest BCUT2D eigenvalue weighted by Gasteiger charge is 2.14. The van der Waals surface area contributed by atoms with Crippen LogP contribution in [0.1, 0.15) is 17.9 Å². The highest BCUT2D eigenvalue weighted by Crippen LogP contribution is 2.24. The fourth-order valence-corrected chi connectivity index (χ4v) is 2.20. The molecule has 0 aliphatic carbocycles. The second-order valence-corrected chi connectivity index (χ2v) is 4.70. The lowest BCUT2D eigenvalue weighted by atomic mass is 9.94. The van der Waals surface area contributed by atoms with Gasteiger partial charge in [-0.2, -0.15) is 0 Å². The lowest BCUT2D eigenvalue weighted by Crippen LogP contribution is -2.17. The fourth-order valence-electron chi connectivity index (χ4n) is 2.20. The molecule has 20 heavy (non-hydrogen) atoms. The highest BCUT2D eigenvalue weighted by molar-refractivity contribution is 5.70. The topological polar surface area (TPSA) is 52.3 Å². The zero-order valence-electron chi connectivity index (χ0n) is 11.6. The van der Waals surface area contributed by atoms with Crippen molar-refractivity contribution < 1.29 is 9.53 Å². The summed E-state index contributed by atoms with van der Waals surface area (Å²) < 4.78 is 4.70. The Bertz CT molecular complexity index is 549. The van der Waals surface area contributed by atoms with Crippen LogP contribution in [0.2, 0.25) is 0 Å². The third-order valence-electron chi connectivity index (χ3n) is 3.41. The van der Waals surface area contributed by atoms with E-state index in [0.717, 1.165) is 11.1 Å². The molecule has 0 fully saturated rings. The van der Waals surface area contributed by atoms with Crippen LogP contribution in [0.3, 0.4) is 0 Å². The van der Waals surface area contributed by atoms with Crippen LogP contribution >= 0.6 is 0 Å². The van der Waals surface area contributed by atoms with Gasteiger partial charge in [0.15, 0.2) is 0 Å². The number of esters is 1. The summed E-state index contributed by atoms with van der Waals surface area (Å²) in [5, 5.41) is 0. The zero-order chi connectivity index (χ0) is 14.4. The van der Waals surface area contributed by atoms with Crippen LogP contribution in [-0.4, -0.2) is 19.6 Å². The molecule has 0 radical (unpaired) electrons. The Kier molecular flexibility index (Phi) is 4.91. The Labute approximate surface area is 119 Å². The summed E-state index contributed by atoms with van der Waals surface area (Å²) >= 11 is 0. The predicted octanol–water partition coefficient (Wildman–Crippen LogP) is 2.96. The maximum Gasteiger partial charge on any atom is 0.306 e. The normalized spacial score (nSPS) is 11.9. The Balaban J connectivity index is 2.16. The minimum Gasteiger partial charge on any atom is -0.469 e. The standard InChI is InChI=1S/C17H19NO2/c1-20-17(19)11-16(12-18)15-9-7-14(8-10-15)13-5-3-2-4-6-13/h2-10,16H,11-12,18H2,1H3. The lowest BCUT2D eigenvalue weighted by Gasteiger charge is -2.14. The van der Waals surface area contributed by atoms with Gasteiger partial charge in [-0.25, -0.2) is 0 Å². The molecule has 3 nitrogen and oxygen atoms in total. The summed E-state index contributed by atoms with van der Waals surface area (Å²) in [6, 6.07) is 18.4. The minimum atomic E-state index is -0.229. The van der Waals surface area contributed by atoms with E-state index in [0.29, 0.717) is 13.0 Å². The van der Waals surface area contributed by atoms with Crippen molar-refractivity contribution in [2.75, 3.05) is 13.7 Å². The number of hydrogen-bond donors (Lipinski definition) is 1. The lowest BCUT2D eigenvalue weighted by molar-refractivity contribution is -0.141. The summed E-state index contributed by atoms with van der Waals surface area (Å²) in [4.78, 5) is 11.4. The van der Waals surface area contributed by atoms with Crippen LogP contribution < -0.4 is 5.73 Å². The number of ether oxygens (including phenoxy) is 1. The summed E-state index contributed by atoms with van der Waals surface area (Å²) in [6.07, 6.45) is 0.317. The molecule has 0 heterocycles. The molecule has 2 aromatic carbocycles. The van der Waals surface area contributed by atoms with Crippen LogP contribution in [0.5, 0.6) is 0 Å². The van der Waals surface area contributed by atoms with Gasteiger partial charge >= 0.3 is 5.97 Å². The molecule has 0 saturated carbocycles. The van der Waals surface area contributed by atoms with Gasteiger partial charge in [-0.3, -0.25) is 4.79 Å². The largest absolute Gasteiger partial charge is 0.469 e. The molecule has 0 aliphatic rings. The predicted molar refractivity (Wildman–Crippen MR) is 80.3 cm³/mol. The van der Waals surface area contributed by atoms with Crippen molar-refractivity contribution in [1.29, 1.82) is 0 Å². The van der Waals surface area contributed by atoms with Gasteiger partial charge in [0, 0.05) is 5.92 Å². The monoisotopic (exact) mass is 269 g/mol. The van der Waals surface area contributed by atoms with Crippen molar-refractivity contribution in [3.05, 3.63) is 60.2 Å². The van der Waals surface area contributed by atoms with Crippen molar-refractivity contribution in [2.45, 2.75) is 12.3 Å². The van der Waals surface area contributed by atoms with Crippen molar-refractivity contribution in [2.24, 2.45) is 5.73 Å². The van der Waals surface area contributed by atoms with Crippen LogP contribution in [0, 0.1) is 0 Å². The van der Waals surface area contributed by atoms with Gasteiger partial charge < -0.3 is 10.5 Å². The Morgan fingerprint density at radius 3 is 2.20 bits per heavy atom. The van der Waals surface area contributed by atoms with E-state index in [-0.39, 0.29) is 11.9 Å².